The van der Waals surface area contributed by atoms with Crippen LogP contribution >= 0.6 is 79.9 Å². The van der Waals surface area contributed by atoms with Crippen molar-refractivity contribution in [1.82, 2.24) is 15.0 Å². The van der Waals surface area contributed by atoms with Gasteiger partial charge in [0.25, 0.3) is 11.5 Å². The minimum atomic E-state index is -0.358. The monoisotopic (exact) mass is 776 g/mol. The van der Waals surface area contributed by atoms with Crippen molar-refractivity contribution < 1.29 is 9.90 Å². The third kappa shape index (κ3) is 5.84. The number of benzene rings is 2. The number of hydrogen-bond donors (Lipinski definition) is 2. The summed E-state index contributed by atoms with van der Waals surface area (Å²) in [5, 5.41) is 15.9. The van der Waals surface area contributed by atoms with Gasteiger partial charge in [-0.25, -0.2) is 10.4 Å². The molecule has 0 unspecified atom stereocenters. The number of thiophene rings is 1. The smallest absolute Gasteiger partial charge is 0.267 e. The van der Waals surface area contributed by atoms with E-state index < -0.39 is 0 Å². The lowest BCUT2D eigenvalue weighted by Crippen LogP contribution is -2.24. The van der Waals surface area contributed by atoms with E-state index in [9.17, 15) is 14.7 Å². The van der Waals surface area contributed by atoms with E-state index in [4.69, 9.17) is 16.6 Å². The summed E-state index contributed by atoms with van der Waals surface area (Å²) >= 11 is 13.0. The molecule has 1 aliphatic carbocycles. The van der Waals surface area contributed by atoms with Crippen LogP contribution in [-0.2, 0) is 17.6 Å². The van der Waals surface area contributed by atoms with E-state index in [0.717, 1.165) is 34.8 Å². The zero-order valence-corrected chi connectivity index (χ0v) is 25.8. The molecule has 37 heavy (non-hydrogen) atoms. The highest BCUT2D eigenvalue weighted by Gasteiger charge is 2.23. The Balaban J connectivity index is 1.42. The van der Waals surface area contributed by atoms with Crippen LogP contribution in [-0.4, -0.2) is 32.5 Å². The largest absolute Gasteiger partial charge is 0.506 e. The van der Waals surface area contributed by atoms with Crippen LogP contribution in [0.25, 0.3) is 15.9 Å². The maximum atomic E-state index is 13.8. The molecule has 1 amide bonds. The standard InChI is InChI=1S/C25H19ClI2N4O3S2/c26-14-5-7-16(8-6-14)32-24(35)21-17-3-1-2-4-19(17)37-23(21)30-25(32)36-12-20(33)31-29-11-13-9-15(27)10-18(28)22(13)34/h5-11,34H,1-4,12H2,(H,31,33)/b29-11+. The number of rotatable bonds is 6. The fraction of sp³-hybridized carbons (Fsp3) is 0.200. The summed E-state index contributed by atoms with van der Waals surface area (Å²) in [5.74, 6) is -0.246. The average Bonchev–Trinajstić information content (AvgIpc) is 3.25. The van der Waals surface area contributed by atoms with Crippen LogP contribution in [0.2, 0.25) is 5.02 Å². The molecule has 190 valence electrons. The summed E-state index contributed by atoms with van der Waals surface area (Å²) in [6.45, 7) is 0. The second-order valence-corrected chi connectivity index (χ2v) is 13.2. The normalized spacial score (nSPS) is 13.3. The van der Waals surface area contributed by atoms with Crippen molar-refractivity contribution in [2.24, 2.45) is 5.10 Å². The summed E-state index contributed by atoms with van der Waals surface area (Å²) < 4.78 is 3.21. The Labute approximate surface area is 253 Å². The van der Waals surface area contributed by atoms with Gasteiger partial charge in [0.15, 0.2) is 5.16 Å². The Morgan fingerprint density at radius 3 is 2.78 bits per heavy atom. The number of hydrogen-bond acceptors (Lipinski definition) is 7. The number of aryl methyl sites for hydroxylation is 2. The van der Waals surface area contributed by atoms with Crippen LogP contribution in [0.5, 0.6) is 5.75 Å². The van der Waals surface area contributed by atoms with Gasteiger partial charge in [-0.1, -0.05) is 23.4 Å². The van der Waals surface area contributed by atoms with Gasteiger partial charge in [0.1, 0.15) is 10.6 Å². The third-order valence-electron chi connectivity index (χ3n) is 5.83. The van der Waals surface area contributed by atoms with Gasteiger partial charge >= 0.3 is 0 Å². The van der Waals surface area contributed by atoms with Gasteiger partial charge < -0.3 is 5.11 Å². The van der Waals surface area contributed by atoms with Gasteiger partial charge in [0, 0.05) is 19.0 Å². The maximum Gasteiger partial charge on any atom is 0.267 e. The molecule has 0 fully saturated rings. The van der Waals surface area contributed by atoms with E-state index >= 15 is 0 Å². The number of nitrogens with one attached hydrogen (secondary N) is 1. The number of phenolic OH excluding ortho intramolecular Hbond substituents is 1. The Kier molecular flexibility index (Phi) is 8.43. The summed E-state index contributed by atoms with van der Waals surface area (Å²) in [6.07, 6.45) is 5.44. The SMILES string of the molecule is O=C(CSc1nc2sc3c(c2c(=O)n1-c1ccc(Cl)cc1)CCCC3)N/N=C/c1cc(I)cc(I)c1O. The van der Waals surface area contributed by atoms with E-state index in [-0.39, 0.29) is 23.0 Å². The molecule has 2 N–H and O–H groups in total. The number of aromatic nitrogens is 2. The predicted octanol–water partition coefficient (Wildman–Crippen LogP) is 6.14. The molecule has 0 saturated heterocycles. The zero-order chi connectivity index (χ0) is 26.1. The first-order valence-electron chi connectivity index (χ1n) is 11.3. The van der Waals surface area contributed by atoms with E-state index in [1.165, 1.54) is 22.9 Å². The quantitative estimate of drug-likeness (QED) is 0.0808. The van der Waals surface area contributed by atoms with Crippen molar-refractivity contribution in [2.75, 3.05) is 5.75 Å². The third-order valence-corrected chi connectivity index (χ3v) is 9.65. The Morgan fingerprint density at radius 2 is 2.00 bits per heavy atom. The first-order chi connectivity index (χ1) is 17.8. The van der Waals surface area contributed by atoms with Crippen molar-refractivity contribution in [1.29, 1.82) is 0 Å². The number of nitrogens with zero attached hydrogens (tertiary/aromatic N) is 3. The highest BCUT2D eigenvalue weighted by molar-refractivity contribution is 14.1. The number of carbonyl (C=O) groups excluding carboxylic acids is 1. The molecule has 0 bridgehead atoms. The first-order valence-corrected chi connectivity index (χ1v) is 15.6. The molecule has 2 aromatic heterocycles. The molecule has 2 aromatic carbocycles. The van der Waals surface area contributed by atoms with Crippen LogP contribution in [0.4, 0.5) is 0 Å². The molecule has 7 nitrogen and oxygen atoms in total. The number of carbonyl (C=O) groups is 1. The Morgan fingerprint density at radius 1 is 1.24 bits per heavy atom. The molecule has 5 rings (SSSR count). The minimum absolute atomic E-state index is 0.00378. The zero-order valence-electron chi connectivity index (χ0n) is 19.1. The lowest BCUT2D eigenvalue weighted by Gasteiger charge is -2.13. The molecule has 1 aliphatic rings. The second kappa shape index (κ2) is 11.6. The van der Waals surface area contributed by atoms with Crippen molar-refractivity contribution in [2.45, 2.75) is 30.8 Å². The van der Waals surface area contributed by atoms with Crippen LogP contribution < -0.4 is 11.0 Å². The molecule has 4 aromatic rings. The number of thioether (sulfide) groups is 1. The molecule has 2 heterocycles. The molecule has 0 atom stereocenters. The van der Waals surface area contributed by atoms with Crippen LogP contribution in [0.1, 0.15) is 28.8 Å². The number of hydrazone groups is 1. The summed E-state index contributed by atoms with van der Waals surface area (Å²) in [5.41, 5.74) is 4.63. The van der Waals surface area contributed by atoms with Gasteiger partial charge in [0.05, 0.1) is 26.6 Å². The minimum Gasteiger partial charge on any atom is -0.506 e. The summed E-state index contributed by atoms with van der Waals surface area (Å²) in [4.78, 5) is 33.1. The number of phenols is 1. The second-order valence-electron chi connectivity index (χ2n) is 8.31. The lowest BCUT2D eigenvalue weighted by molar-refractivity contribution is -0.118. The fourth-order valence-electron chi connectivity index (χ4n) is 4.12. The van der Waals surface area contributed by atoms with Crippen LogP contribution in [0.15, 0.2) is 51.5 Å². The average molecular weight is 777 g/mol. The Hall–Kier alpha value is -1.68. The number of aromatic hydroxyl groups is 1. The number of halogens is 3. The van der Waals surface area contributed by atoms with Crippen molar-refractivity contribution >= 4 is 102 Å². The van der Waals surface area contributed by atoms with Crippen LogP contribution in [0.3, 0.4) is 0 Å². The van der Waals surface area contributed by atoms with Crippen LogP contribution in [0, 0.1) is 7.14 Å². The van der Waals surface area contributed by atoms with E-state index in [1.807, 2.05) is 28.7 Å². The number of fused-ring (bicyclic) bond motifs is 3. The highest BCUT2D eigenvalue weighted by atomic mass is 127. The van der Waals surface area contributed by atoms with Gasteiger partial charge in [-0.2, -0.15) is 5.10 Å². The van der Waals surface area contributed by atoms with Gasteiger partial charge in [-0.3, -0.25) is 14.2 Å². The van der Waals surface area contributed by atoms with E-state index in [0.29, 0.717) is 35.2 Å². The molecule has 12 heteroatoms. The van der Waals surface area contributed by atoms with Gasteiger partial charge in [-0.15, -0.1) is 11.3 Å². The molecule has 0 saturated carbocycles. The summed E-state index contributed by atoms with van der Waals surface area (Å²) in [7, 11) is 0. The fourth-order valence-corrected chi connectivity index (χ4v) is 8.24. The molecule has 0 aliphatic heterocycles. The summed E-state index contributed by atoms with van der Waals surface area (Å²) in [6, 6.07) is 10.6. The molecule has 0 radical (unpaired) electrons. The van der Waals surface area contributed by atoms with Gasteiger partial charge in [-0.05, 0) is 113 Å². The topological polar surface area (TPSA) is 96.6 Å². The highest BCUT2D eigenvalue weighted by Crippen LogP contribution is 2.35. The Bertz CT molecular complexity index is 1600. The lowest BCUT2D eigenvalue weighted by atomic mass is 9.97. The maximum absolute atomic E-state index is 13.8. The molecular formula is C25H19ClI2N4O3S2. The van der Waals surface area contributed by atoms with Crippen molar-refractivity contribution in [3.05, 3.63) is 74.9 Å². The predicted molar refractivity (Wildman–Crippen MR) is 167 cm³/mol. The van der Waals surface area contributed by atoms with E-state index in [1.54, 1.807) is 46.2 Å². The van der Waals surface area contributed by atoms with Crippen molar-refractivity contribution in [3.8, 4) is 11.4 Å². The van der Waals surface area contributed by atoms with E-state index in [2.05, 4.69) is 33.1 Å². The van der Waals surface area contributed by atoms with Crippen molar-refractivity contribution in [3.63, 3.8) is 0 Å². The first kappa shape index (κ1) is 26.9. The molecule has 0 spiro atoms. The van der Waals surface area contributed by atoms with Gasteiger partial charge in [0.2, 0.25) is 0 Å². The molecular weight excluding hydrogens is 758 g/mol. The number of amides is 1.